The molecule has 2 aromatic carbocycles. The van der Waals surface area contributed by atoms with Crippen molar-refractivity contribution in [1.82, 2.24) is 10.2 Å². The average molecular weight is 470 g/mol. The summed E-state index contributed by atoms with van der Waals surface area (Å²) in [7, 11) is 0. The van der Waals surface area contributed by atoms with Crippen LogP contribution in [0.2, 0.25) is 5.02 Å². The zero-order chi connectivity index (χ0) is 19.9. The van der Waals surface area contributed by atoms with Crippen molar-refractivity contribution >= 4 is 33.4 Å². The van der Waals surface area contributed by atoms with Gasteiger partial charge in [0.2, 0.25) is 5.91 Å². The van der Waals surface area contributed by atoms with Gasteiger partial charge >= 0.3 is 0 Å². The summed E-state index contributed by atoms with van der Waals surface area (Å²) in [5.41, 5.74) is 1.32. The standard InChI is InChI=1S/C21H23BrClFN2O2/c22-16-7-8-20(28-14-17-18(23)4-1-5-19(17)24)15(12-16)13-25-9-3-11-26-10-2-6-21(26)27/h1,4-5,7-8,12,25H,2-3,6,9-11,13-14H2. The molecule has 1 saturated heterocycles. The van der Waals surface area contributed by atoms with Crippen LogP contribution in [0.1, 0.15) is 30.4 Å². The topological polar surface area (TPSA) is 41.6 Å². The number of amides is 1. The van der Waals surface area contributed by atoms with Gasteiger partial charge in [-0.1, -0.05) is 33.6 Å². The minimum Gasteiger partial charge on any atom is -0.488 e. The maximum atomic E-state index is 13.9. The lowest BCUT2D eigenvalue weighted by Gasteiger charge is -2.16. The van der Waals surface area contributed by atoms with E-state index in [1.54, 1.807) is 12.1 Å². The van der Waals surface area contributed by atoms with Gasteiger partial charge in [0, 0.05) is 41.7 Å². The lowest BCUT2D eigenvalue weighted by molar-refractivity contribution is -0.127. The molecule has 0 aromatic heterocycles. The number of carbonyl (C=O) groups is 1. The second kappa shape index (κ2) is 10.2. The van der Waals surface area contributed by atoms with E-state index in [4.69, 9.17) is 16.3 Å². The Bertz CT molecular complexity index is 814. The Balaban J connectivity index is 1.53. The molecule has 1 fully saturated rings. The normalized spacial score (nSPS) is 14.0. The van der Waals surface area contributed by atoms with Crippen LogP contribution in [0.3, 0.4) is 0 Å². The quantitative estimate of drug-likeness (QED) is 0.530. The third kappa shape index (κ3) is 5.69. The van der Waals surface area contributed by atoms with Gasteiger partial charge in [-0.15, -0.1) is 0 Å². The van der Waals surface area contributed by atoms with Gasteiger partial charge in [-0.2, -0.15) is 0 Å². The predicted molar refractivity (Wildman–Crippen MR) is 112 cm³/mol. The molecule has 2 aromatic rings. The highest BCUT2D eigenvalue weighted by atomic mass is 79.9. The van der Waals surface area contributed by atoms with E-state index in [-0.39, 0.29) is 18.3 Å². The molecule has 4 nitrogen and oxygen atoms in total. The minimum atomic E-state index is -0.374. The molecule has 0 bridgehead atoms. The molecule has 0 saturated carbocycles. The SMILES string of the molecule is O=C1CCCN1CCCNCc1cc(Br)ccc1OCc1c(F)cccc1Cl. The first kappa shape index (κ1) is 21.1. The summed E-state index contributed by atoms with van der Waals surface area (Å²) >= 11 is 9.56. The second-order valence-corrected chi connectivity index (χ2v) is 8.08. The minimum absolute atomic E-state index is 0.0667. The van der Waals surface area contributed by atoms with Gasteiger partial charge in [0.25, 0.3) is 0 Å². The number of nitrogens with one attached hydrogen (secondary N) is 1. The van der Waals surface area contributed by atoms with Crippen molar-refractivity contribution in [1.29, 1.82) is 0 Å². The number of rotatable bonds is 9. The molecule has 150 valence electrons. The number of nitrogens with zero attached hydrogens (tertiary/aromatic N) is 1. The van der Waals surface area contributed by atoms with Crippen molar-refractivity contribution < 1.29 is 13.9 Å². The van der Waals surface area contributed by atoms with E-state index in [0.29, 0.717) is 29.3 Å². The highest BCUT2D eigenvalue weighted by Gasteiger charge is 2.18. The van der Waals surface area contributed by atoms with Crippen molar-refractivity contribution in [2.24, 2.45) is 0 Å². The Morgan fingerprint density at radius 1 is 1.29 bits per heavy atom. The van der Waals surface area contributed by atoms with Crippen LogP contribution in [0.15, 0.2) is 40.9 Å². The summed E-state index contributed by atoms with van der Waals surface area (Å²) in [6.07, 6.45) is 2.55. The number of carbonyl (C=O) groups excluding carboxylic acids is 1. The first-order chi connectivity index (χ1) is 13.5. The van der Waals surface area contributed by atoms with Crippen LogP contribution < -0.4 is 10.1 Å². The van der Waals surface area contributed by atoms with E-state index in [1.807, 2.05) is 23.1 Å². The molecule has 0 spiro atoms. The van der Waals surface area contributed by atoms with Gasteiger partial charge in [-0.05, 0) is 49.7 Å². The molecule has 28 heavy (non-hydrogen) atoms. The number of hydrogen-bond acceptors (Lipinski definition) is 3. The molecule has 0 radical (unpaired) electrons. The first-order valence-corrected chi connectivity index (χ1v) is 10.5. The van der Waals surface area contributed by atoms with Gasteiger partial charge in [0.1, 0.15) is 18.2 Å². The van der Waals surface area contributed by atoms with Crippen LogP contribution in [0.25, 0.3) is 0 Å². The van der Waals surface area contributed by atoms with Crippen molar-refractivity contribution in [2.45, 2.75) is 32.4 Å². The molecule has 1 N–H and O–H groups in total. The smallest absolute Gasteiger partial charge is 0.222 e. The lowest BCUT2D eigenvalue weighted by atomic mass is 10.2. The van der Waals surface area contributed by atoms with Crippen molar-refractivity contribution in [3.8, 4) is 5.75 Å². The highest BCUT2D eigenvalue weighted by Crippen LogP contribution is 2.26. The summed E-state index contributed by atoms with van der Waals surface area (Å²) in [5.74, 6) is 0.569. The first-order valence-electron chi connectivity index (χ1n) is 9.37. The lowest BCUT2D eigenvalue weighted by Crippen LogP contribution is -2.28. The molecule has 3 rings (SSSR count). The summed E-state index contributed by atoms with van der Waals surface area (Å²) < 4.78 is 20.8. The zero-order valence-electron chi connectivity index (χ0n) is 15.5. The number of hydrogen-bond donors (Lipinski definition) is 1. The Labute approximate surface area is 178 Å². The number of ether oxygens (including phenoxy) is 1. The summed E-state index contributed by atoms with van der Waals surface area (Å²) in [5, 5.41) is 3.74. The fourth-order valence-electron chi connectivity index (χ4n) is 3.21. The van der Waals surface area contributed by atoms with Gasteiger partial charge in [-0.3, -0.25) is 4.79 Å². The Morgan fingerprint density at radius 3 is 2.89 bits per heavy atom. The van der Waals surface area contributed by atoms with Crippen LogP contribution in [0.5, 0.6) is 5.75 Å². The maximum Gasteiger partial charge on any atom is 0.222 e. The molecule has 0 aliphatic carbocycles. The third-order valence-electron chi connectivity index (χ3n) is 4.72. The van der Waals surface area contributed by atoms with Crippen LogP contribution in [0.4, 0.5) is 4.39 Å². The average Bonchev–Trinajstić information content (AvgIpc) is 3.07. The van der Waals surface area contributed by atoms with Crippen molar-refractivity contribution in [3.05, 3.63) is 62.8 Å². The zero-order valence-corrected chi connectivity index (χ0v) is 17.9. The van der Waals surface area contributed by atoms with Crippen molar-refractivity contribution in [2.75, 3.05) is 19.6 Å². The van der Waals surface area contributed by atoms with E-state index >= 15 is 0 Å². The molecular weight excluding hydrogens is 447 g/mol. The molecule has 0 unspecified atom stereocenters. The van der Waals surface area contributed by atoms with Gasteiger partial charge in [0.15, 0.2) is 0 Å². The van der Waals surface area contributed by atoms with Crippen LogP contribution in [-0.4, -0.2) is 30.4 Å². The van der Waals surface area contributed by atoms with E-state index in [2.05, 4.69) is 21.2 Å². The fourth-order valence-corrected chi connectivity index (χ4v) is 3.83. The monoisotopic (exact) mass is 468 g/mol. The second-order valence-electron chi connectivity index (χ2n) is 6.76. The third-order valence-corrected chi connectivity index (χ3v) is 5.57. The summed E-state index contributed by atoms with van der Waals surface area (Å²) in [4.78, 5) is 13.6. The van der Waals surface area contributed by atoms with Gasteiger partial charge < -0.3 is 15.0 Å². The van der Waals surface area contributed by atoms with E-state index in [9.17, 15) is 9.18 Å². The van der Waals surface area contributed by atoms with Gasteiger partial charge in [0.05, 0.1) is 5.02 Å². The molecule has 0 atom stereocenters. The van der Waals surface area contributed by atoms with Gasteiger partial charge in [-0.25, -0.2) is 4.39 Å². The van der Waals surface area contributed by atoms with Crippen LogP contribution in [0, 0.1) is 5.82 Å². The number of likely N-dealkylation sites (tertiary alicyclic amines) is 1. The Kier molecular flexibility index (Phi) is 7.71. The number of benzene rings is 2. The van der Waals surface area contributed by atoms with Crippen LogP contribution >= 0.6 is 27.5 Å². The molecule has 1 aliphatic rings. The molecule has 7 heteroatoms. The van der Waals surface area contributed by atoms with Crippen LogP contribution in [-0.2, 0) is 17.9 Å². The van der Waals surface area contributed by atoms with E-state index in [0.717, 1.165) is 42.5 Å². The van der Waals surface area contributed by atoms with E-state index in [1.165, 1.54) is 6.07 Å². The molecule has 1 aliphatic heterocycles. The summed E-state index contributed by atoms with van der Waals surface area (Å²) in [6, 6.07) is 10.3. The molecular formula is C21H23BrClFN2O2. The fraction of sp³-hybridized carbons (Fsp3) is 0.381. The summed E-state index contributed by atoms with van der Waals surface area (Å²) in [6.45, 7) is 3.15. The Hall–Kier alpha value is -1.63. The largest absolute Gasteiger partial charge is 0.488 e. The van der Waals surface area contributed by atoms with Crippen molar-refractivity contribution in [3.63, 3.8) is 0 Å². The molecule has 1 amide bonds. The maximum absolute atomic E-state index is 13.9. The number of halogens is 3. The predicted octanol–water partition coefficient (Wildman–Crippen LogP) is 4.92. The van der Waals surface area contributed by atoms with E-state index < -0.39 is 0 Å². The Morgan fingerprint density at radius 2 is 2.14 bits per heavy atom. The highest BCUT2D eigenvalue weighted by molar-refractivity contribution is 9.10. The molecule has 1 heterocycles.